The molecule has 2 fully saturated rings. The van der Waals surface area contributed by atoms with Crippen molar-refractivity contribution in [2.45, 2.75) is 25.7 Å². The second-order valence-corrected chi connectivity index (χ2v) is 6.35. The van der Waals surface area contributed by atoms with E-state index in [2.05, 4.69) is 6.07 Å². The van der Waals surface area contributed by atoms with Crippen molar-refractivity contribution in [3.8, 4) is 6.07 Å². The first-order valence-electron chi connectivity index (χ1n) is 8.21. The molecule has 1 aromatic rings. The molecule has 3 rings (SSSR count). The Morgan fingerprint density at radius 2 is 1.52 bits per heavy atom. The highest BCUT2D eigenvalue weighted by Crippen LogP contribution is 2.39. The lowest BCUT2D eigenvalue weighted by atomic mass is 9.86. The van der Waals surface area contributed by atoms with Gasteiger partial charge in [-0.05, 0) is 25.0 Å². The van der Waals surface area contributed by atoms with Gasteiger partial charge in [-0.25, -0.2) is 0 Å². The molecule has 5 nitrogen and oxygen atoms in total. The summed E-state index contributed by atoms with van der Waals surface area (Å²) in [4.78, 5) is 28.7. The summed E-state index contributed by atoms with van der Waals surface area (Å²) >= 11 is 0. The number of hydrogen-bond acceptors (Lipinski definition) is 3. The van der Waals surface area contributed by atoms with E-state index in [1.54, 1.807) is 9.80 Å². The molecule has 0 radical (unpaired) electrons. The minimum absolute atomic E-state index is 0.00793. The fourth-order valence-corrected chi connectivity index (χ4v) is 3.53. The molecule has 23 heavy (non-hydrogen) atoms. The number of piperazine rings is 1. The lowest BCUT2D eigenvalue weighted by Gasteiger charge is -2.37. The van der Waals surface area contributed by atoms with E-state index < -0.39 is 5.41 Å². The Balaban J connectivity index is 1.61. The molecule has 0 atom stereocenters. The van der Waals surface area contributed by atoms with E-state index in [9.17, 15) is 14.9 Å². The SMILES string of the molecule is N#CC1(C(=O)N2CCN(C(=O)c3ccccc3)CC2)CCCC1. The van der Waals surface area contributed by atoms with Crippen LogP contribution in [0.15, 0.2) is 30.3 Å². The molecule has 5 heteroatoms. The maximum atomic E-state index is 12.7. The second-order valence-electron chi connectivity index (χ2n) is 6.35. The Bertz CT molecular complexity index is 621. The van der Waals surface area contributed by atoms with E-state index in [0.717, 1.165) is 12.8 Å². The average Bonchev–Trinajstić information content (AvgIpc) is 3.12. The topological polar surface area (TPSA) is 64.4 Å². The monoisotopic (exact) mass is 311 g/mol. The average molecular weight is 311 g/mol. The third-order valence-electron chi connectivity index (χ3n) is 4.96. The van der Waals surface area contributed by atoms with Gasteiger partial charge in [-0.3, -0.25) is 9.59 Å². The van der Waals surface area contributed by atoms with E-state index in [4.69, 9.17) is 0 Å². The number of nitrogens with zero attached hydrogens (tertiary/aromatic N) is 3. The first-order valence-corrected chi connectivity index (χ1v) is 8.21. The lowest BCUT2D eigenvalue weighted by molar-refractivity contribution is -0.140. The number of carbonyl (C=O) groups is 2. The smallest absolute Gasteiger partial charge is 0.253 e. The van der Waals surface area contributed by atoms with Crippen molar-refractivity contribution in [1.29, 1.82) is 5.26 Å². The maximum absolute atomic E-state index is 12.7. The van der Waals surface area contributed by atoms with Gasteiger partial charge in [-0.1, -0.05) is 31.0 Å². The molecule has 1 saturated carbocycles. The standard InChI is InChI=1S/C18H21N3O2/c19-14-18(8-4-5-9-18)17(23)21-12-10-20(11-13-21)16(22)15-6-2-1-3-7-15/h1-3,6-7H,4-5,8-13H2. The van der Waals surface area contributed by atoms with Crippen molar-refractivity contribution in [3.05, 3.63) is 35.9 Å². The molecule has 0 spiro atoms. The summed E-state index contributed by atoms with van der Waals surface area (Å²) < 4.78 is 0. The Morgan fingerprint density at radius 1 is 0.957 bits per heavy atom. The van der Waals surface area contributed by atoms with Crippen molar-refractivity contribution in [2.24, 2.45) is 5.41 Å². The van der Waals surface area contributed by atoms with Crippen molar-refractivity contribution >= 4 is 11.8 Å². The van der Waals surface area contributed by atoms with Crippen LogP contribution >= 0.6 is 0 Å². The summed E-state index contributed by atoms with van der Waals surface area (Å²) in [7, 11) is 0. The zero-order chi connectivity index (χ0) is 16.3. The van der Waals surface area contributed by atoms with Gasteiger partial charge in [0.1, 0.15) is 5.41 Å². The summed E-state index contributed by atoms with van der Waals surface area (Å²) in [6.45, 7) is 2.09. The third kappa shape index (κ3) is 2.94. The number of carbonyl (C=O) groups excluding carboxylic acids is 2. The fraction of sp³-hybridized carbons (Fsp3) is 0.500. The van der Waals surface area contributed by atoms with Crippen LogP contribution in [-0.2, 0) is 4.79 Å². The summed E-state index contributed by atoms with van der Waals surface area (Å²) in [5.74, 6) is -0.0297. The third-order valence-corrected chi connectivity index (χ3v) is 4.96. The molecular weight excluding hydrogens is 290 g/mol. The molecule has 120 valence electrons. The molecule has 2 aliphatic rings. The predicted octanol–water partition coefficient (Wildman–Crippen LogP) is 2.05. The molecule has 2 amide bonds. The Kier molecular flexibility index (Phi) is 4.33. The van der Waals surface area contributed by atoms with Crippen LogP contribution in [0.5, 0.6) is 0 Å². The van der Waals surface area contributed by atoms with Gasteiger partial charge in [0.25, 0.3) is 5.91 Å². The number of nitriles is 1. The van der Waals surface area contributed by atoms with Crippen LogP contribution in [0.2, 0.25) is 0 Å². The van der Waals surface area contributed by atoms with Crippen molar-refractivity contribution < 1.29 is 9.59 Å². The van der Waals surface area contributed by atoms with Crippen LogP contribution in [0.4, 0.5) is 0 Å². The first-order chi connectivity index (χ1) is 11.2. The molecule has 1 saturated heterocycles. The normalized spacial score (nSPS) is 20.1. The van der Waals surface area contributed by atoms with Gasteiger partial charge < -0.3 is 9.80 Å². The predicted molar refractivity (Wildman–Crippen MR) is 85.4 cm³/mol. The van der Waals surface area contributed by atoms with E-state index >= 15 is 0 Å². The molecule has 1 heterocycles. The van der Waals surface area contributed by atoms with Crippen molar-refractivity contribution in [3.63, 3.8) is 0 Å². The van der Waals surface area contributed by atoms with Crippen LogP contribution in [0.3, 0.4) is 0 Å². The van der Waals surface area contributed by atoms with Gasteiger partial charge in [0.2, 0.25) is 5.91 Å². The number of rotatable bonds is 2. The van der Waals surface area contributed by atoms with E-state index in [1.165, 1.54) is 0 Å². The fourth-order valence-electron chi connectivity index (χ4n) is 3.53. The van der Waals surface area contributed by atoms with Gasteiger partial charge in [0, 0.05) is 31.7 Å². The summed E-state index contributed by atoms with van der Waals surface area (Å²) in [6.07, 6.45) is 3.24. The van der Waals surface area contributed by atoms with Gasteiger partial charge in [0.15, 0.2) is 0 Å². The molecule has 0 bridgehead atoms. The summed E-state index contributed by atoms with van der Waals surface area (Å²) in [5, 5.41) is 9.44. The van der Waals surface area contributed by atoms with Crippen molar-refractivity contribution in [2.75, 3.05) is 26.2 Å². The maximum Gasteiger partial charge on any atom is 0.253 e. The van der Waals surface area contributed by atoms with Gasteiger partial charge in [-0.2, -0.15) is 5.26 Å². The zero-order valence-corrected chi connectivity index (χ0v) is 13.2. The molecule has 1 aliphatic heterocycles. The van der Waals surface area contributed by atoms with Crippen LogP contribution < -0.4 is 0 Å². The lowest BCUT2D eigenvalue weighted by Crippen LogP contribution is -2.53. The second kappa shape index (κ2) is 6.41. The van der Waals surface area contributed by atoms with Gasteiger partial charge >= 0.3 is 0 Å². The first kappa shape index (κ1) is 15.5. The van der Waals surface area contributed by atoms with Crippen LogP contribution in [-0.4, -0.2) is 47.8 Å². The number of amides is 2. The molecule has 1 aliphatic carbocycles. The summed E-state index contributed by atoms with van der Waals surface area (Å²) in [6, 6.07) is 11.5. The highest BCUT2D eigenvalue weighted by molar-refractivity contribution is 5.94. The minimum Gasteiger partial charge on any atom is -0.338 e. The Hall–Kier alpha value is -2.35. The molecular formula is C18H21N3O2. The summed E-state index contributed by atoms with van der Waals surface area (Å²) in [5.41, 5.74) is -0.137. The largest absolute Gasteiger partial charge is 0.338 e. The van der Waals surface area contributed by atoms with Crippen molar-refractivity contribution in [1.82, 2.24) is 9.80 Å². The van der Waals surface area contributed by atoms with Crippen LogP contribution in [0, 0.1) is 16.7 Å². The zero-order valence-electron chi connectivity index (χ0n) is 13.2. The molecule has 1 aromatic carbocycles. The molecule has 0 aromatic heterocycles. The number of benzene rings is 1. The quantitative estimate of drug-likeness (QED) is 0.839. The van der Waals surface area contributed by atoms with Gasteiger partial charge in [-0.15, -0.1) is 0 Å². The van der Waals surface area contributed by atoms with E-state index in [-0.39, 0.29) is 11.8 Å². The van der Waals surface area contributed by atoms with Crippen LogP contribution in [0.1, 0.15) is 36.0 Å². The Labute approximate surface area is 136 Å². The number of hydrogen-bond donors (Lipinski definition) is 0. The molecule has 0 N–H and O–H groups in total. The minimum atomic E-state index is -0.814. The van der Waals surface area contributed by atoms with Gasteiger partial charge in [0.05, 0.1) is 6.07 Å². The van der Waals surface area contributed by atoms with E-state index in [0.29, 0.717) is 44.6 Å². The molecule has 0 unspecified atom stereocenters. The van der Waals surface area contributed by atoms with E-state index in [1.807, 2.05) is 30.3 Å². The Morgan fingerprint density at radius 3 is 2.09 bits per heavy atom. The highest BCUT2D eigenvalue weighted by atomic mass is 16.2. The van der Waals surface area contributed by atoms with Crippen LogP contribution in [0.25, 0.3) is 0 Å². The highest BCUT2D eigenvalue weighted by Gasteiger charge is 2.44.